The Morgan fingerprint density at radius 2 is 1.85 bits per heavy atom. The number of alkyl carbamates (subject to hydrolysis) is 1. The highest BCUT2D eigenvalue weighted by Gasteiger charge is 2.35. The van der Waals surface area contributed by atoms with E-state index in [1.807, 2.05) is 12.2 Å². The molecule has 0 bridgehead atoms. The number of rotatable bonds is 8. The Bertz CT molecular complexity index is 1220. The van der Waals surface area contributed by atoms with Crippen LogP contribution in [0.1, 0.15) is 56.8 Å². The number of nitrogens with zero attached hydrogens (tertiary/aromatic N) is 1. The van der Waals surface area contributed by atoms with E-state index < -0.39 is 29.4 Å². The summed E-state index contributed by atoms with van der Waals surface area (Å²) in [5, 5.41) is 11.0. The van der Waals surface area contributed by atoms with Crippen LogP contribution in [-0.2, 0) is 19.1 Å². The minimum Gasteiger partial charge on any atom is -0.481 e. The molecule has 2 aliphatic heterocycles. The zero-order valence-electron chi connectivity index (χ0n) is 22.5. The van der Waals surface area contributed by atoms with Gasteiger partial charge in [-0.2, -0.15) is 4.99 Å². The van der Waals surface area contributed by atoms with Crippen molar-refractivity contribution in [2.45, 2.75) is 52.1 Å². The molecule has 11 nitrogen and oxygen atoms in total. The van der Waals surface area contributed by atoms with Crippen LogP contribution in [0.5, 0.6) is 0 Å². The van der Waals surface area contributed by atoms with Crippen molar-refractivity contribution in [1.82, 2.24) is 16.0 Å². The summed E-state index contributed by atoms with van der Waals surface area (Å²) in [6.45, 7) is 5.95. The zero-order valence-corrected chi connectivity index (χ0v) is 23.2. The van der Waals surface area contributed by atoms with Crippen molar-refractivity contribution < 1.29 is 28.7 Å². The van der Waals surface area contributed by atoms with Gasteiger partial charge in [0.05, 0.1) is 17.8 Å². The summed E-state index contributed by atoms with van der Waals surface area (Å²) >= 11 is 6.27. The number of carbonyl (C=O) groups excluding carboxylic acids is 4. The smallest absolute Gasteiger partial charge is 0.407 e. The van der Waals surface area contributed by atoms with Crippen molar-refractivity contribution in [3.8, 4) is 0 Å². The predicted molar refractivity (Wildman–Crippen MR) is 147 cm³/mol. The van der Waals surface area contributed by atoms with E-state index in [2.05, 4.69) is 26.3 Å². The summed E-state index contributed by atoms with van der Waals surface area (Å²) in [6.07, 6.45) is 5.35. The molecular weight excluding hydrogens is 526 g/mol. The van der Waals surface area contributed by atoms with E-state index in [4.69, 9.17) is 21.1 Å². The molecule has 0 aliphatic carbocycles. The number of nitrogens with one attached hydrogen (secondary N) is 4. The fourth-order valence-corrected chi connectivity index (χ4v) is 3.98. The van der Waals surface area contributed by atoms with Gasteiger partial charge < -0.3 is 30.7 Å². The second-order valence-corrected chi connectivity index (χ2v) is 10.4. The van der Waals surface area contributed by atoms with Gasteiger partial charge >= 0.3 is 6.09 Å². The molecule has 1 aromatic carbocycles. The summed E-state index contributed by atoms with van der Waals surface area (Å²) in [6, 6.07) is 4.48. The van der Waals surface area contributed by atoms with E-state index in [9.17, 15) is 19.2 Å². The SMILES string of the molecule is COC1=CCCC=C2CC(C(=O)Nc3cc(C(=O)NCCCNC(=O)OC(C)(C)C)ccc3Cl)C(=O)NC2=N1. The van der Waals surface area contributed by atoms with Crippen LogP contribution in [0.2, 0.25) is 5.02 Å². The van der Waals surface area contributed by atoms with Gasteiger partial charge in [0.1, 0.15) is 17.4 Å². The van der Waals surface area contributed by atoms with Gasteiger partial charge in [-0.3, -0.25) is 14.4 Å². The maximum atomic E-state index is 13.1. The molecular formula is C27H34ClN5O6. The third-order valence-corrected chi connectivity index (χ3v) is 6.03. The first-order valence-corrected chi connectivity index (χ1v) is 13.0. The number of aliphatic imine (C=N–C) groups is 1. The second-order valence-electron chi connectivity index (χ2n) is 9.98. The first-order valence-electron chi connectivity index (χ1n) is 12.7. The molecule has 2 heterocycles. The summed E-state index contributed by atoms with van der Waals surface area (Å²) in [4.78, 5) is 54.5. The molecule has 39 heavy (non-hydrogen) atoms. The summed E-state index contributed by atoms with van der Waals surface area (Å²) < 4.78 is 10.4. The van der Waals surface area contributed by atoms with Gasteiger partial charge in [0.2, 0.25) is 17.7 Å². The maximum absolute atomic E-state index is 13.1. The normalized spacial score (nSPS) is 17.1. The van der Waals surface area contributed by atoms with Crippen LogP contribution >= 0.6 is 11.6 Å². The van der Waals surface area contributed by atoms with Crippen LogP contribution in [0.3, 0.4) is 0 Å². The van der Waals surface area contributed by atoms with Crippen LogP contribution in [0.25, 0.3) is 0 Å². The number of amidine groups is 1. The number of fused-ring (bicyclic) bond motifs is 1. The Balaban J connectivity index is 1.57. The number of benzene rings is 1. The van der Waals surface area contributed by atoms with Gasteiger partial charge in [-0.15, -0.1) is 0 Å². The van der Waals surface area contributed by atoms with Gasteiger partial charge in [0, 0.05) is 18.7 Å². The Morgan fingerprint density at radius 1 is 1.13 bits per heavy atom. The third-order valence-electron chi connectivity index (χ3n) is 5.70. The first kappa shape index (κ1) is 29.7. The van der Waals surface area contributed by atoms with Gasteiger partial charge in [0.25, 0.3) is 5.91 Å². The number of ether oxygens (including phenoxy) is 2. The van der Waals surface area contributed by atoms with Crippen molar-refractivity contribution in [2.75, 3.05) is 25.5 Å². The van der Waals surface area contributed by atoms with Crippen molar-refractivity contribution in [2.24, 2.45) is 10.9 Å². The number of carbonyl (C=O) groups is 4. The van der Waals surface area contributed by atoms with Crippen molar-refractivity contribution >= 4 is 46.9 Å². The van der Waals surface area contributed by atoms with E-state index >= 15 is 0 Å². The molecule has 1 atom stereocenters. The molecule has 1 unspecified atom stereocenters. The Morgan fingerprint density at radius 3 is 2.56 bits per heavy atom. The fraction of sp³-hybridized carbons (Fsp3) is 0.444. The molecule has 1 fully saturated rings. The lowest BCUT2D eigenvalue weighted by Crippen LogP contribution is -2.47. The largest absolute Gasteiger partial charge is 0.481 e. The highest BCUT2D eigenvalue weighted by molar-refractivity contribution is 6.34. The van der Waals surface area contributed by atoms with E-state index in [-0.39, 0.29) is 28.6 Å². The molecule has 0 saturated carbocycles. The van der Waals surface area contributed by atoms with E-state index in [1.165, 1.54) is 25.3 Å². The molecule has 1 aromatic rings. The number of methoxy groups -OCH3 is 1. The van der Waals surface area contributed by atoms with Crippen LogP contribution in [0, 0.1) is 5.92 Å². The zero-order chi connectivity index (χ0) is 28.6. The van der Waals surface area contributed by atoms with Crippen LogP contribution < -0.4 is 21.3 Å². The summed E-state index contributed by atoms with van der Waals surface area (Å²) in [5.41, 5.74) is 0.650. The number of halogens is 1. The second kappa shape index (κ2) is 13.3. The average Bonchev–Trinajstić information content (AvgIpc) is 2.84. The average molecular weight is 560 g/mol. The Kier molecular flexibility index (Phi) is 10.1. The molecule has 4 N–H and O–H groups in total. The fourth-order valence-electron chi connectivity index (χ4n) is 3.81. The van der Waals surface area contributed by atoms with Gasteiger partial charge in [-0.05, 0) is 76.3 Å². The number of allylic oxidation sites excluding steroid dienone is 2. The molecule has 210 valence electrons. The molecule has 1 saturated heterocycles. The highest BCUT2D eigenvalue weighted by Crippen LogP contribution is 2.27. The number of piperidine rings is 1. The predicted octanol–water partition coefficient (Wildman–Crippen LogP) is 3.67. The van der Waals surface area contributed by atoms with Crippen LogP contribution in [0.15, 0.2) is 46.8 Å². The lowest BCUT2D eigenvalue weighted by molar-refractivity contribution is -0.131. The maximum Gasteiger partial charge on any atom is 0.407 e. The van der Waals surface area contributed by atoms with Crippen molar-refractivity contribution in [3.05, 3.63) is 52.4 Å². The number of hydrogen-bond acceptors (Lipinski definition) is 7. The molecule has 12 heteroatoms. The first-order chi connectivity index (χ1) is 18.5. The van der Waals surface area contributed by atoms with Gasteiger partial charge in [0.15, 0.2) is 0 Å². The minimum atomic E-state index is -1.00. The van der Waals surface area contributed by atoms with Crippen LogP contribution in [-0.4, -0.2) is 55.5 Å². The molecule has 0 spiro atoms. The monoisotopic (exact) mass is 559 g/mol. The Hall–Kier alpha value is -3.86. The van der Waals surface area contributed by atoms with E-state index in [0.29, 0.717) is 37.6 Å². The van der Waals surface area contributed by atoms with E-state index in [1.54, 1.807) is 20.8 Å². The molecule has 3 rings (SSSR count). The van der Waals surface area contributed by atoms with Crippen LogP contribution in [0.4, 0.5) is 10.5 Å². The third kappa shape index (κ3) is 8.85. The molecule has 2 aliphatic rings. The lowest BCUT2D eigenvalue weighted by Gasteiger charge is -2.26. The quantitative estimate of drug-likeness (QED) is 0.282. The Labute approximate surface area is 232 Å². The number of hydrogen-bond donors (Lipinski definition) is 4. The number of amides is 4. The summed E-state index contributed by atoms with van der Waals surface area (Å²) in [7, 11) is 1.50. The standard InChI is InChI=1S/C27H34ClN5O6/c1-27(2,3)39-26(37)30-13-7-12-29-23(34)17-10-11-19(28)20(15-17)31-24(35)18-14-16-8-5-6-9-21(38-4)32-22(16)33-25(18)36/h8-11,15,18H,5-7,12-14H2,1-4H3,(H,29,34)(H,30,37)(H,31,35)(H,32,33,36). The lowest BCUT2D eigenvalue weighted by atomic mass is 9.91. The topological polar surface area (TPSA) is 147 Å². The van der Waals surface area contributed by atoms with Crippen molar-refractivity contribution in [1.29, 1.82) is 0 Å². The van der Waals surface area contributed by atoms with Gasteiger partial charge in [-0.1, -0.05) is 17.7 Å². The summed E-state index contributed by atoms with van der Waals surface area (Å²) in [5.74, 6) is -1.66. The molecule has 0 aromatic heterocycles. The van der Waals surface area contributed by atoms with Crippen molar-refractivity contribution in [3.63, 3.8) is 0 Å². The molecule has 4 amide bonds. The number of anilines is 1. The molecule has 0 radical (unpaired) electrons. The minimum absolute atomic E-state index is 0.169. The highest BCUT2D eigenvalue weighted by atomic mass is 35.5. The van der Waals surface area contributed by atoms with Gasteiger partial charge in [-0.25, -0.2) is 4.79 Å². The van der Waals surface area contributed by atoms with E-state index in [0.717, 1.165) is 12.0 Å².